The van der Waals surface area contributed by atoms with Gasteiger partial charge in [0.15, 0.2) is 7.28 Å². The van der Waals surface area contributed by atoms with E-state index in [1.54, 1.807) is 0 Å². The lowest BCUT2D eigenvalue weighted by molar-refractivity contribution is 0.590. The third-order valence-electron chi connectivity index (χ3n) is 14.1. The van der Waals surface area contributed by atoms with E-state index in [1.165, 1.54) is 114 Å². The average Bonchev–Trinajstić information content (AvgIpc) is 3.85. The van der Waals surface area contributed by atoms with Crippen LogP contribution in [0.4, 0.5) is 11.4 Å². The minimum atomic E-state index is -0.0398. The second kappa shape index (κ2) is 12.5. The van der Waals surface area contributed by atoms with Crippen LogP contribution in [-0.4, -0.2) is 11.8 Å². The zero-order valence-electron chi connectivity index (χ0n) is 36.3. The molecule has 10 aromatic rings. The van der Waals surface area contributed by atoms with Crippen molar-refractivity contribution in [2.24, 2.45) is 0 Å². The highest BCUT2D eigenvalue weighted by Crippen LogP contribution is 2.50. The number of hydrogen-bond acceptors (Lipinski definition) is 2. The number of nitrogens with zero attached hydrogens (tertiary/aromatic N) is 1. The van der Waals surface area contributed by atoms with Crippen molar-refractivity contribution in [3.63, 3.8) is 0 Å². The topological polar surface area (TPSA) is 17.0 Å². The molecule has 0 radical (unpaired) electrons. The quantitative estimate of drug-likeness (QED) is 0.176. The van der Waals surface area contributed by atoms with Crippen molar-refractivity contribution in [1.82, 2.24) is 4.57 Å². The second-order valence-corrected chi connectivity index (χ2v) is 21.4. The summed E-state index contributed by atoms with van der Waals surface area (Å²) in [6.45, 7) is 18.8. The summed E-state index contributed by atoms with van der Waals surface area (Å²) in [5.74, 6) is 0. The summed E-state index contributed by atoms with van der Waals surface area (Å²) < 4.78 is 5.35. The van der Waals surface area contributed by atoms with Crippen LogP contribution in [0.1, 0.15) is 77.6 Å². The first-order valence-corrected chi connectivity index (χ1v) is 22.7. The van der Waals surface area contributed by atoms with Crippen molar-refractivity contribution in [2.75, 3.05) is 5.32 Å². The Balaban J connectivity index is 1.16. The Hall–Kier alpha value is -6.10. The zero-order valence-corrected chi connectivity index (χ0v) is 37.2. The van der Waals surface area contributed by atoms with Crippen molar-refractivity contribution in [2.45, 2.75) is 71.6 Å². The molecule has 12 rings (SSSR count). The van der Waals surface area contributed by atoms with E-state index in [4.69, 9.17) is 0 Å². The predicted octanol–water partition coefficient (Wildman–Crippen LogP) is 14.3. The molecule has 0 spiro atoms. The van der Waals surface area contributed by atoms with Crippen molar-refractivity contribution in [1.29, 1.82) is 0 Å². The predicted molar refractivity (Wildman–Crippen MR) is 268 cm³/mol. The summed E-state index contributed by atoms with van der Waals surface area (Å²) in [6, 6.07) is 53.4. The van der Waals surface area contributed by atoms with E-state index in [9.17, 15) is 0 Å². The third-order valence-corrected chi connectivity index (χ3v) is 15.2. The molecule has 0 unspecified atom stereocenters. The maximum absolute atomic E-state index is 4.05. The van der Waals surface area contributed by atoms with Gasteiger partial charge in [-0.05, 0) is 121 Å². The number of aromatic nitrogens is 1. The molecule has 61 heavy (non-hydrogen) atoms. The molecule has 1 aliphatic heterocycles. The molecular weight excluding hydrogens is 756 g/mol. The van der Waals surface area contributed by atoms with Gasteiger partial charge in [-0.25, -0.2) is 0 Å². The van der Waals surface area contributed by atoms with Crippen molar-refractivity contribution >= 4 is 93.7 Å². The Morgan fingerprint density at radius 2 is 1.26 bits per heavy atom. The minimum absolute atomic E-state index is 0.000310. The molecule has 2 nitrogen and oxygen atoms in total. The van der Waals surface area contributed by atoms with E-state index >= 15 is 0 Å². The van der Waals surface area contributed by atoms with Gasteiger partial charge < -0.3 is 9.88 Å². The molecule has 296 valence electrons. The molecule has 0 fully saturated rings. The molecule has 1 N–H and O–H groups in total. The fourth-order valence-electron chi connectivity index (χ4n) is 10.7. The molecule has 2 aliphatic rings. The van der Waals surface area contributed by atoms with Crippen molar-refractivity contribution < 1.29 is 0 Å². The first kappa shape index (κ1) is 36.7. The van der Waals surface area contributed by atoms with Gasteiger partial charge in [0.1, 0.15) is 0 Å². The molecule has 8 aromatic carbocycles. The normalized spacial score (nSPS) is 14.2. The second-order valence-electron chi connectivity index (χ2n) is 20.3. The van der Waals surface area contributed by atoms with E-state index in [1.807, 2.05) is 11.3 Å². The standard InChI is InChI=1S/C57H49BN2S/c1-55(2,3)34-21-24-49-41(27-34)43-28-35(56(4,5)6)29-47-52(43)60(49)53-51(58-47)42(31-44-38-18-12-14-20-50(38)61-54(44)53)40-25-32-15-9-10-16-33(32)26-48(40)59-36-22-23-46-39(30-36)37-17-11-13-19-45(37)57(46,7)8/h9-31,58-59H,1-8H3. The van der Waals surface area contributed by atoms with Gasteiger partial charge in [0.25, 0.3) is 0 Å². The van der Waals surface area contributed by atoms with E-state index in [2.05, 4.69) is 205 Å². The Kier molecular flexibility index (Phi) is 7.52. The third kappa shape index (κ3) is 5.34. The van der Waals surface area contributed by atoms with E-state index < -0.39 is 0 Å². The zero-order chi connectivity index (χ0) is 41.7. The smallest absolute Gasteiger partial charge is 0.198 e. The van der Waals surface area contributed by atoms with Crippen LogP contribution in [0.5, 0.6) is 0 Å². The number of fused-ring (bicyclic) bond motifs is 13. The molecule has 2 aromatic heterocycles. The van der Waals surface area contributed by atoms with Crippen LogP contribution in [-0.2, 0) is 16.2 Å². The Morgan fingerprint density at radius 1 is 0.557 bits per heavy atom. The van der Waals surface area contributed by atoms with Gasteiger partial charge >= 0.3 is 0 Å². The van der Waals surface area contributed by atoms with Crippen LogP contribution in [0.2, 0.25) is 0 Å². The number of rotatable bonds is 3. The number of benzene rings is 8. The van der Waals surface area contributed by atoms with Crippen LogP contribution < -0.4 is 16.2 Å². The Morgan fingerprint density at radius 3 is 2.07 bits per heavy atom. The highest BCUT2D eigenvalue weighted by molar-refractivity contribution is 7.26. The highest BCUT2D eigenvalue weighted by Gasteiger charge is 2.36. The van der Waals surface area contributed by atoms with Gasteiger partial charge in [-0.1, -0.05) is 146 Å². The monoisotopic (exact) mass is 804 g/mol. The highest BCUT2D eigenvalue weighted by atomic mass is 32.1. The SMILES string of the molecule is CC(C)(C)c1ccc2c(c1)c1cc(C(C)(C)C)cc3c1n2-c1c(c(-c2cc4ccccc4cc2Nc2ccc4c(c2)-c2ccccc2C4(C)C)cc2c1sc1ccccc12)B3. The lowest BCUT2D eigenvalue weighted by atomic mass is 9.58. The van der Waals surface area contributed by atoms with Gasteiger partial charge in [0.2, 0.25) is 0 Å². The van der Waals surface area contributed by atoms with Gasteiger partial charge in [-0.2, -0.15) is 0 Å². The molecule has 0 bridgehead atoms. The molecule has 0 saturated heterocycles. The fourth-order valence-corrected chi connectivity index (χ4v) is 12.0. The van der Waals surface area contributed by atoms with Crippen molar-refractivity contribution in [3.8, 4) is 27.9 Å². The number of nitrogens with one attached hydrogen (secondary N) is 1. The summed E-state index contributed by atoms with van der Waals surface area (Å²) in [7, 11) is 0.856. The molecule has 0 atom stereocenters. The van der Waals surface area contributed by atoms with Crippen LogP contribution in [0, 0.1) is 0 Å². The first-order valence-electron chi connectivity index (χ1n) is 21.9. The average molecular weight is 805 g/mol. The van der Waals surface area contributed by atoms with Gasteiger partial charge in [-0.15, -0.1) is 11.3 Å². The van der Waals surface area contributed by atoms with Crippen LogP contribution in [0.15, 0.2) is 140 Å². The number of thiophene rings is 1. The van der Waals surface area contributed by atoms with E-state index in [0.717, 1.165) is 18.7 Å². The molecular formula is C57H49BN2S. The first-order chi connectivity index (χ1) is 29.2. The summed E-state index contributed by atoms with van der Waals surface area (Å²) in [6.07, 6.45) is 0. The van der Waals surface area contributed by atoms with E-state index in [0.29, 0.717) is 0 Å². The summed E-state index contributed by atoms with van der Waals surface area (Å²) >= 11 is 1.94. The summed E-state index contributed by atoms with van der Waals surface area (Å²) in [4.78, 5) is 0. The van der Waals surface area contributed by atoms with Gasteiger partial charge in [0.05, 0.1) is 15.9 Å². The molecule has 0 amide bonds. The largest absolute Gasteiger partial charge is 0.355 e. The van der Waals surface area contributed by atoms with Crippen molar-refractivity contribution in [3.05, 3.63) is 162 Å². The lowest BCUT2D eigenvalue weighted by Gasteiger charge is -2.27. The molecule has 3 heterocycles. The number of hydrogen-bond donors (Lipinski definition) is 1. The Bertz CT molecular complexity index is 3530. The fraction of sp³-hybridized carbons (Fsp3) is 0.193. The van der Waals surface area contributed by atoms with Gasteiger partial charge in [-0.3, -0.25) is 0 Å². The maximum atomic E-state index is 4.05. The molecule has 1 aliphatic carbocycles. The number of anilines is 2. The molecule has 4 heteroatoms. The van der Waals surface area contributed by atoms with Crippen LogP contribution >= 0.6 is 11.3 Å². The lowest BCUT2D eigenvalue weighted by Crippen LogP contribution is -2.38. The Labute approximate surface area is 363 Å². The van der Waals surface area contributed by atoms with Crippen LogP contribution in [0.25, 0.3) is 80.7 Å². The maximum Gasteiger partial charge on any atom is 0.198 e. The van der Waals surface area contributed by atoms with E-state index in [-0.39, 0.29) is 16.2 Å². The van der Waals surface area contributed by atoms with Crippen LogP contribution in [0.3, 0.4) is 0 Å². The molecule has 0 saturated carbocycles. The summed E-state index contributed by atoms with van der Waals surface area (Å²) in [5, 5.41) is 11.9. The van der Waals surface area contributed by atoms with Gasteiger partial charge in [0, 0.05) is 54.1 Å². The minimum Gasteiger partial charge on any atom is -0.355 e. The summed E-state index contributed by atoms with van der Waals surface area (Å²) in [5.41, 5.74) is 19.7.